The molecule has 1 N–H and O–H groups in total. The van der Waals surface area contributed by atoms with Gasteiger partial charge in [-0.1, -0.05) is 12.1 Å². The number of benzene rings is 1. The Morgan fingerprint density at radius 3 is 2.75 bits per heavy atom. The topological polar surface area (TPSA) is 39.7 Å². The Hall–Kier alpha value is -1.10. The maximum atomic E-state index is 5.83. The molecule has 2 atom stereocenters. The van der Waals surface area contributed by atoms with Gasteiger partial charge in [0.15, 0.2) is 0 Å². The molecule has 0 aliphatic carbocycles. The largest absolute Gasteiger partial charge is 0.494 e. The van der Waals surface area contributed by atoms with Crippen LogP contribution in [0.1, 0.15) is 24.9 Å². The van der Waals surface area contributed by atoms with E-state index >= 15 is 0 Å². The highest BCUT2D eigenvalue weighted by Crippen LogP contribution is 2.19. The first kappa shape index (κ1) is 15.3. The van der Waals surface area contributed by atoms with Crippen LogP contribution in [0.15, 0.2) is 24.3 Å². The van der Waals surface area contributed by atoms with Gasteiger partial charge >= 0.3 is 0 Å². The van der Waals surface area contributed by atoms with Gasteiger partial charge in [-0.3, -0.25) is 0 Å². The van der Waals surface area contributed by atoms with Crippen LogP contribution in [0.2, 0.25) is 0 Å². The van der Waals surface area contributed by atoms with Crippen LogP contribution in [0.25, 0.3) is 0 Å². The summed E-state index contributed by atoms with van der Waals surface area (Å²) in [5, 5.41) is 3.30. The van der Waals surface area contributed by atoms with Crippen LogP contribution in [0.3, 0.4) is 0 Å². The van der Waals surface area contributed by atoms with Gasteiger partial charge in [0.25, 0.3) is 0 Å². The molecule has 4 heteroatoms. The molecule has 0 radical (unpaired) electrons. The van der Waals surface area contributed by atoms with Gasteiger partial charge in [0, 0.05) is 12.5 Å². The fourth-order valence-corrected chi connectivity index (χ4v) is 2.38. The summed E-state index contributed by atoms with van der Waals surface area (Å²) in [7, 11) is 1.96. The molecule has 0 aromatic heterocycles. The van der Waals surface area contributed by atoms with E-state index in [0.717, 1.165) is 32.0 Å². The van der Waals surface area contributed by atoms with Gasteiger partial charge < -0.3 is 19.5 Å². The van der Waals surface area contributed by atoms with E-state index in [1.165, 1.54) is 5.56 Å². The van der Waals surface area contributed by atoms with E-state index in [2.05, 4.69) is 17.4 Å². The van der Waals surface area contributed by atoms with Crippen molar-refractivity contribution in [2.24, 2.45) is 5.92 Å². The van der Waals surface area contributed by atoms with Crippen LogP contribution in [0.4, 0.5) is 0 Å². The molecule has 4 nitrogen and oxygen atoms in total. The average Bonchev–Trinajstić information content (AvgIpc) is 2.98. The molecule has 0 saturated carbocycles. The summed E-state index contributed by atoms with van der Waals surface area (Å²) in [5.74, 6) is 1.47. The lowest BCUT2D eigenvalue weighted by Crippen LogP contribution is -2.23. The highest BCUT2D eigenvalue weighted by atomic mass is 16.5. The van der Waals surface area contributed by atoms with Crippen molar-refractivity contribution in [3.63, 3.8) is 0 Å². The van der Waals surface area contributed by atoms with Gasteiger partial charge in [-0.2, -0.15) is 0 Å². The summed E-state index contributed by atoms with van der Waals surface area (Å²) in [5.41, 5.74) is 1.22. The molecule has 1 heterocycles. The Balaban J connectivity index is 1.80. The summed E-state index contributed by atoms with van der Waals surface area (Å²) in [6.45, 7) is 5.87. The predicted molar refractivity (Wildman–Crippen MR) is 79.2 cm³/mol. The Kier molecular flexibility index (Phi) is 6.30. The fraction of sp³-hybridized carbons (Fsp3) is 0.625. The first-order valence-corrected chi connectivity index (χ1v) is 7.39. The zero-order valence-electron chi connectivity index (χ0n) is 12.4. The maximum absolute atomic E-state index is 5.83. The molecule has 1 aromatic rings. The van der Waals surface area contributed by atoms with Crippen molar-refractivity contribution in [2.75, 3.05) is 40.1 Å². The molecule has 0 bridgehead atoms. The second kappa shape index (κ2) is 8.25. The lowest BCUT2D eigenvalue weighted by atomic mass is 10.1. The third-order valence-electron chi connectivity index (χ3n) is 3.60. The SMILES string of the molecule is CCOc1ccc(C(COCC2CCOC2)NC)cc1. The van der Waals surface area contributed by atoms with Gasteiger partial charge in [0.2, 0.25) is 0 Å². The smallest absolute Gasteiger partial charge is 0.119 e. The van der Waals surface area contributed by atoms with Gasteiger partial charge in [-0.05, 0) is 38.1 Å². The van der Waals surface area contributed by atoms with E-state index in [0.29, 0.717) is 19.1 Å². The Labute approximate surface area is 121 Å². The molecule has 0 amide bonds. The van der Waals surface area contributed by atoms with E-state index in [-0.39, 0.29) is 6.04 Å². The minimum atomic E-state index is 0.216. The first-order valence-electron chi connectivity index (χ1n) is 7.39. The Bertz CT molecular complexity index is 374. The molecule has 1 saturated heterocycles. The number of hydrogen-bond acceptors (Lipinski definition) is 4. The predicted octanol–water partition coefficient (Wildman–Crippen LogP) is 2.40. The lowest BCUT2D eigenvalue weighted by molar-refractivity contribution is 0.0758. The zero-order chi connectivity index (χ0) is 14.2. The van der Waals surface area contributed by atoms with Crippen molar-refractivity contribution in [1.29, 1.82) is 0 Å². The minimum Gasteiger partial charge on any atom is -0.494 e. The van der Waals surface area contributed by atoms with Crippen LogP contribution in [-0.4, -0.2) is 40.1 Å². The van der Waals surface area contributed by atoms with E-state index in [4.69, 9.17) is 14.2 Å². The average molecular weight is 279 g/mol. The fourth-order valence-electron chi connectivity index (χ4n) is 2.38. The molecule has 20 heavy (non-hydrogen) atoms. The first-order chi connectivity index (χ1) is 9.83. The van der Waals surface area contributed by atoms with Crippen molar-refractivity contribution in [2.45, 2.75) is 19.4 Å². The summed E-state index contributed by atoms with van der Waals surface area (Å²) >= 11 is 0. The normalized spacial score (nSPS) is 20.0. The van der Waals surface area contributed by atoms with Crippen molar-refractivity contribution >= 4 is 0 Å². The maximum Gasteiger partial charge on any atom is 0.119 e. The van der Waals surface area contributed by atoms with Gasteiger partial charge in [-0.15, -0.1) is 0 Å². The Morgan fingerprint density at radius 1 is 1.35 bits per heavy atom. The van der Waals surface area contributed by atoms with Crippen molar-refractivity contribution in [3.05, 3.63) is 29.8 Å². The van der Waals surface area contributed by atoms with Crippen molar-refractivity contribution < 1.29 is 14.2 Å². The molecule has 2 rings (SSSR count). The lowest BCUT2D eigenvalue weighted by Gasteiger charge is -2.18. The molecular formula is C16H25NO3. The van der Waals surface area contributed by atoms with Crippen LogP contribution in [0.5, 0.6) is 5.75 Å². The monoisotopic (exact) mass is 279 g/mol. The molecule has 1 aliphatic rings. The highest BCUT2D eigenvalue weighted by Gasteiger charge is 2.17. The van der Waals surface area contributed by atoms with Gasteiger partial charge in [-0.25, -0.2) is 0 Å². The number of likely N-dealkylation sites (N-methyl/N-ethyl adjacent to an activating group) is 1. The summed E-state index contributed by atoms with van der Waals surface area (Å²) < 4.78 is 16.6. The van der Waals surface area contributed by atoms with E-state index in [1.54, 1.807) is 0 Å². The van der Waals surface area contributed by atoms with Crippen LogP contribution in [-0.2, 0) is 9.47 Å². The number of rotatable bonds is 8. The van der Waals surface area contributed by atoms with E-state index in [9.17, 15) is 0 Å². The summed E-state index contributed by atoms with van der Waals surface area (Å²) in [4.78, 5) is 0. The molecule has 1 aromatic carbocycles. The second-order valence-corrected chi connectivity index (χ2v) is 5.11. The Morgan fingerprint density at radius 2 is 2.15 bits per heavy atom. The van der Waals surface area contributed by atoms with Crippen molar-refractivity contribution in [3.8, 4) is 5.75 Å². The number of ether oxygens (including phenoxy) is 3. The summed E-state index contributed by atoms with van der Waals surface area (Å²) in [6.07, 6.45) is 1.12. The van der Waals surface area contributed by atoms with E-state index < -0.39 is 0 Å². The number of nitrogens with one attached hydrogen (secondary N) is 1. The zero-order valence-corrected chi connectivity index (χ0v) is 12.4. The highest BCUT2D eigenvalue weighted by molar-refractivity contribution is 5.29. The molecular weight excluding hydrogens is 254 g/mol. The van der Waals surface area contributed by atoms with Crippen LogP contribution in [0, 0.1) is 5.92 Å². The molecule has 0 spiro atoms. The minimum absolute atomic E-state index is 0.216. The van der Waals surface area contributed by atoms with Crippen LogP contribution >= 0.6 is 0 Å². The van der Waals surface area contributed by atoms with Gasteiger partial charge in [0.05, 0.1) is 32.5 Å². The molecule has 1 fully saturated rings. The standard InChI is InChI=1S/C16H25NO3/c1-3-20-15-6-4-14(5-7-15)16(17-2)12-19-11-13-8-9-18-10-13/h4-7,13,16-17H,3,8-12H2,1-2H3. The summed E-state index contributed by atoms with van der Waals surface area (Å²) in [6, 6.07) is 8.41. The second-order valence-electron chi connectivity index (χ2n) is 5.11. The molecule has 112 valence electrons. The van der Waals surface area contributed by atoms with Crippen LogP contribution < -0.4 is 10.1 Å². The third kappa shape index (κ3) is 4.47. The molecule has 1 aliphatic heterocycles. The quantitative estimate of drug-likeness (QED) is 0.793. The van der Waals surface area contributed by atoms with Gasteiger partial charge in [0.1, 0.15) is 5.75 Å². The van der Waals surface area contributed by atoms with E-state index in [1.807, 2.05) is 26.1 Å². The third-order valence-corrected chi connectivity index (χ3v) is 3.60. The number of hydrogen-bond donors (Lipinski definition) is 1. The molecule has 2 unspecified atom stereocenters. The van der Waals surface area contributed by atoms with Crippen molar-refractivity contribution in [1.82, 2.24) is 5.32 Å².